The fraction of sp³-hybridized carbons (Fsp3) is 0.375. The van der Waals surface area contributed by atoms with Crippen LogP contribution in [0.4, 0.5) is 22.0 Å². The Labute approximate surface area is 92.0 Å². The Kier molecular flexibility index (Phi) is 3.57. The van der Waals surface area contributed by atoms with Crippen LogP contribution in [0.3, 0.4) is 0 Å². The molecule has 1 aromatic heterocycles. The first kappa shape index (κ1) is 13.0. The molecule has 0 unspecified atom stereocenters. The normalized spacial score (nSPS) is 12.0. The van der Waals surface area contributed by atoms with E-state index in [1.807, 2.05) is 0 Å². The molecule has 1 aromatic rings. The number of hydrogen-bond acceptors (Lipinski definition) is 2. The average Bonchev–Trinajstić information content (AvgIpc) is 2.15. The molecule has 0 atom stereocenters. The Morgan fingerprint density at radius 2 is 1.94 bits per heavy atom. The number of halogens is 6. The molecular formula is C8H5ClF5NO. The summed E-state index contributed by atoms with van der Waals surface area (Å²) in [6, 6.07) is 0.501. The Morgan fingerprint density at radius 3 is 2.31 bits per heavy atom. The summed E-state index contributed by atoms with van der Waals surface area (Å²) in [5.41, 5.74) is -2.23. The Bertz CT molecular complexity index is 393. The monoisotopic (exact) mass is 261 g/mol. The highest BCUT2D eigenvalue weighted by atomic mass is 35.5. The van der Waals surface area contributed by atoms with Crippen molar-refractivity contribution in [2.24, 2.45) is 0 Å². The standard InChI is InChI=1S/C8H5ClF5NO/c1-16-7-3(6(10)11)2-4(9)5(15-7)8(12,13)14/h2,6H,1H3. The van der Waals surface area contributed by atoms with Crippen molar-refractivity contribution in [2.75, 3.05) is 7.11 Å². The van der Waals surface area contributed by atoms with Crippen molar-refractivity contribution in [3.05, 3.63) is 22.3 Å². The minimum atomic E-state index is -4.81. The predicted octanol–water partition coefficient (Wildman–Crippen LogP) is 3.70. The van der Waals surface area contributed by atoms with Gasteiger partial charge in [-0.2, -0.15) is 13.2 Å². The van der Waals surface area contributed by atoms with Crippen molar-refractivity contribution in [3.63, 3.8) is 0 Å². The van der Waals surface area contributed by atoms with Gasteiger partial charge in [0.25, 0.3) is 6.43 Å². The van der Waals surface area contributed by atoms with Gasteiger partial charge in [0.15, 0.2) is 5.69 Å². The molecule has 0 aliphatic carbocycles. The van der Waals surface area contributed by atoms with Crippen LogP contribution in [0.15, 0.2) is 6.07 Å². The van der Waals surface area contributed by atoms with E-state index in [9.17, 15) is 22.0 Å². The molecule has 0 aliphatic rings. The molecule has 8 heteroatoms. The van der Waals surface area contributed by atoms with Crippen molar-refractivity contribution in [3.8, 4) is 5.88 Å². The second-order valence-corrected chi connectivity index (χ2v) is 3.12. The average molecular weight is 262 g/mol. The van der Waals surface area contributed by atoms with Crippen molar-refractivity contribution in [1.82, 2.24) is 4.98 Å². The molecule has 90 valence electrons. The summed E-state index contributed by atoms with van der Waals surface area (Å²) in [4.78, 5) is 2.92. The predicted molar refractivity (Wildman–Crippen MR) is 45.8 cm³/mol. The minimum absolute atomic E-state index is 0.501. The van der Waals surface area contributed by atoms with E-state index < -0.39 is 34.8 Å². The zero-order valence-electron chi connectivity index (χ0n) is 7.78. The zero-order chi connectivity index (χ0) is 12.5. The number of methoxy groups -OCH3 is 1. The minimum Gasteiger partial charge on any atom is -0.481 e. The molecule has 0 bridgehead atoms. The number of aromatic nitrogens is 1. The summed E-state index contributed by atoms with van der Waals surface area (Å²) in [5, 5.41) is -0.886. The van der Waals surface area contributed by atoms with E-state index in [2.05, 4.69) is 9.72 Å². The summed E-state index contributed by atoms with van der Waals surface area (Å²) in [5.74, 6) is -0.785. The van der Waals surface area contributed by atoms with Crippen molar-refractivity contribution < 1.29 is 26.7 Å². The van der Waals surface area contributed by atoms with Crippen LogP contribution >= 0.6 is 11.6 Å². The quantitative estimate of drug-likeness (QED) is 0.757. The first-order valence-corrected chi connectivity index (χ1v) is 4.25. The lowest BCUT2D eigenvalue weighted by atomic mass is 10.2. The van der Waals surface area contributed by atoms with Gasteiger partial charge in [-0.25, -0.2) is 13.8 Å². The molecular weight excluding hydrogens is 257 g/mol. The summed E-state index contributed by atoms with van der Waals surface area (Å²) in [6.07, 6.45) is -7.83. The number of alkyl halides is 5. The lowest BCUT2D eigenvalue weighted by Crippen LogP contribution is -2.11. The van der Waals surface area contributed by atoms with Gasteiger partial charge in [-0.3, -0.25) is 0 Å². The van der Waals surface area contributed by atoms with Gasteiger partial charge in [-0.15, -0.1) is 0 Å². The third-order valence-electron chi connectivity index (χ3n) is 1.67. The second-order valence-electron chi connectivity index (χ2n) is 2.72. The van der Waals surface area contributed by atoms with Gasteiger partial charge in [0, 0.05) is 0 Å². The molecule has 1 rings (SSSR count). The Balaban J connectivity index is 3.37. The van der Waals surface area contributed by atoms with E-state index >= 15 is 0 Å². The molecule has 1 heterocycles. The van der Waals surface area contributed by atoms with Gasteiger partial charge in [0.1, 0.15) is 0 Å². The number of nitrogens with zero attached hydrogens (tertiary/aromatic N) is 1. The largest absolute Gasteiger partial charge is 0.481 e. The first-order valence-electron chi connectivity index (χ1n) is 3.87. The summed E-state index contributed by atoms with van der Waals surface area (Å²) in [6.45, 7) is 0. The van der Waals surface area contributed by atoms with Crippen molar-refractivity contribution in [2.45, 2.75) is 12.6 Å². The van der Waals surface area contributed by atoms with Crippen LogP contribution in [-0.2, 0) is 6.18 Å². The maximum atomic E-state index is 12.4. The van der Waals surface area contributed by atoms with Gasteiger partial charge >= 0.3 is 6.18 Å². The maximum absolute atomic E-state index is 12.4. The second kappa shape index (κ2) is 4.40. The molecule has 0 amide bonds. The highest BCUT2D eigenvalue weighted by Gasteiger charge is 2.37. The number of hydrogen-bond donors (Lipinski definition) is 0. The maximum Gasteiger partial charge on any atom is 0.434 e. The molecule has 0 saturated carbocycles. The lowest BCUT2D eigenvalue weighted by Gasteiger charge is -2.12. The summed E-state index contributed by atoms with van der Waals surface area (Å²) >= 11 is 5.22. The fourth-order valence-corrected chi connectivity index (χ4v) is 1.27. The van der Waals surface area contributed by atoms with Crippen LogP contribution in [0.1, 0.15) is 17.7 Å². The molecule has 0 spiro atoms. The Hall–Kier alpha value is -1.11. The molecule has 0 radical (unpaired) electrons. The van der Waals surface area contributed by atoms with E-state index in [-0.39, 0.29) is 0 Å². The summed E-state index contributed by atoms with van der Waals surface area (Å²) in [7, 11) is 0.947. The molecule has 0 fully saturated rings. The van der Waals surface area contributed by atoms with Gasteiger partial charge in [0.2, 0.25) is 5.88 Å². The van der Waals surface area contributed by atoms with E-state index in [1.54, 1.807) is 0 Å². The van der Waals surface area contributed by atoms with E-state index in [1.165, 1.54) is 0 Å². The van der Waals surface area contributed by atoms with E-state index in [0.717, 1.165) is 7.11 Å². The third kappa shape index (κ3) is 2.52. The number of rotatable bonds is 2. The molecule has 16 heavy (non-hydrogen) atoms. The first-order chi connectivity index (χ1) is 7.27. The third-order valence-corrected chi connectivity index (χ3v) is 1.95. The molecule has 0 aliphatic heterocycles. The Morgan fingerprint density at radius 1 is 1.38 bits per heavy atom. The molecule has 0 aromatic carbocycles. The van der Waals surface area contributed by atoms with Crippen molar-refractivity contribution in [1.29, 1.82) is 0 Å². The summed E-state index contributed by atoms with van der Waals surface area (Å²) < 4.78 is 66.0. The van der Waals surface area contributed by atoms with Gasteiger partial charge in [-0.1, -0.05) is 11.6 Å². The van der Waals surface area contributed by atoms with Gasteiger partial charge in [-0.05, 0) is 6.07 Å². The number of ether oxygens (including phenoxy) is 1. The van der Waals surface area contributed by atoms with Crippen LogP contribution in [0.2, 0.25) is 5.02 Å². The topological polar surface area (TPSA) is 22.1 Å². The highest BCUT2D eigenvalue weighted by molar-refractivity contribution is 6.31. The molecule has 0 saturated heterocycles. The SMILES string of the molecule is COc1nc(C(F)(F)F)c(Cl)cc1C(F)F. The van der Waals surface area contributed by atoms with Crippen LogP contribution in [-0.4, -0.2) is 12.1 Å². The lowest BCUT2D eigenvalue weighted by molar-refractivity contribution is -0.141. The fourth-order valence-electron chi connectivity index (χ4n) is 1.00. The van der Waals surface area contributed by atoms with E-state index in [4.69, 9.17) is 11.6 Å². The smallest absolute Gasteiger partial charge is 0.434 e. The van der Waals surface area contributed by atoms with Crippen LogP contribution in [0.25, 0.3) is 0 Å². The van der Waals surface area contributed by atoms with Gasteiger partial charge < -0.3 is 4.74 Å². The van der Waals surface area contributed by atoms with Gasteiger partial charge in [0.05, 0.1) is 17.7 Å². The van der Waals surface area contributed by atoms with E-state index in [0.29, 0.717) is 6.07 Å². The van der Waals surface area contributed by atoms with Crippen LogP contribution < -0.4 is 4.74 Å². The van der Waals surface area contributed by atoms with Crippen LogP contribution in [0, 0.1) is 0 Å². The highest BCUT2D eigenvalue weighted by Crippen LogP contribution is 2.38. The van der Waals surface area contributed by atoms with Crippen molar-refractivity contribution >= 4 is 11.6 Å². The van der Waals surface area contributed by atoms with Crippen LogP contribution in [0.5, 0.6) is 5.88 Å². The zero-order valence-corrected chi connectivity index (χ0v) is 8.53. The molecule has 0 N–H and O–H groups in total. The molecule has 2 nitrogen and oxygen atoms in total. The number of pyridine rings is 1.